The van der Waals surface area contributed by atoms with E-state index in [-0.39, 0.29) is 5.82 Å². The average Bonchev–Trinajstić information content (AvgIpc) is 2.84. The summed E-state index contributed by atoms with van der Waals surface area (Å²) in [6.45, 7) is 0. The van der Waals surface area contributed by atoms with Crippen molar-refractivity contribution in [2.75, 3.05) is 12.4 Å². The molecule has 0 radical (unpaired) electrons. The molecule has 1 aromatic carbocycles. The van der Waals surface area contributed by atoms with Crippen LogP contribution in [-0.4, -0.2) is 22.0 Å². The molecule has 2 aromatic heterocycles. The minimum absolute atomic E-state index is 0.318. The number of hydrogen-bond acceptors (Lipinski definition) is 3. The molecule has 6 heteroatoms. The van der Waals surface area contributed by atoms with E-state index < -0.39 is 0 Å². The van der Waals surface area contributed by atoms with Crippen LogP contribution in [0.2, 0.25) is 0 Å². The average molecular weight is 321 g/mol. The number of aromatic nitrogens is 3. The maximum Gasteiger partial charge on any atom is 0.180 e. The van der Waals surface area contributed by atoms with E-state index in [9.17, 15) is 4.39 Å². The van der Waals surface area contributed by atoms with E-state index in [4.69, 9.17) is 0 Å². The number of anilines is 1. The molecule has 4 nitrogen and oxygen atoms in total. The highest BCUT2D eigenvalue weighted by atomic mass is 79.9. The Morgan fingerprint density at radius 2 is 2.05 bits per heavy atom. The second-order valence-corrected chi connectivity index (χ2v) is 4.80. The molecule has 0 aliphatic rings. The normalized spacial score (nSPS) is 10.9. The van der Waals surface area contributed by atoms with Crippen molar-refractivity contribution < 1.29 is 4.39 Å². The van der Waals surface area contributed by atoms with Crippen LogP contribution < -0.4 is 5.32 Å². The maximum atomic E-state index is 13.5. The number of nitrogens with one attached hydrogen (secondary N) is 2. The van der Waals surface area contributed by atoms with Gasteiger partial charge in [0.15, 0.2) is 5.65 Å². The van der Waals surface area contributed by atoms with E-state index in [2.05, 4.69) is 36.2 Å². The van der Waals surface area contributed by atoms with E-state index in [0.29, 0.717) is 21.5 Å². The summed E-state index contributed by atoms with van der Waals surface area (Å²) < 4.78 is 13.9. The quantitative estimate of drug-likeness (QED) is 0.759. The van der Waals surface area contributed by atoms with Gasteiger partial charge in [-0.3, -0.25) is 0 Å². The second kappa shape index (κ2) is 4.62. The highest BCUT2D eigenvalue weighted by molar-refractivity contribution is 9.10. The number of fused-ring (bicyclic) bond motifs is 1. The third-order valence-electron chi connectivity index (χ3n) is 2.81. The first-order valence-corrected chi connectivity index (χ1v) is 6.47. The molecular weight excluding hydrogens is 311 g/mol. The number of hydrogen-bond donors (Lipinski definition) is 2. The molecule has 0 atom stereocenters. The highest BCUT2D eigenvalue weighted by Gasteiger charge is 2.12. The third-order valence-corrected chi connectivity index (χ3v) is 3.61. The topological polar surface area (TPSA) is 53.6 Å². The Morgan fingerprint density at radius 1 is 1.21 bits per heavy atom. The fourth-order valence-corrected chi connectivity index (χ4v) is 2.30. The zero-order valence-electron chi connectivity index (χ0n) is 10.0. The summed E-state index contributed by atoms with van der Waals surface area (Å²) >= 11 is 3.23. The van der Waals surface area contributed by atoms with E-state index in [1.165, 1.54) is 6.07 Å². The lowest BCUT2D eigenvalue weighted by atomic mass is 10.2. The standard InChI is InChI=1S/C13H10BrFN4/c1-16-10-6-5-9-13(18-10)19-12(17-9)7-3-2-4-8(15)11(7)14/h2-6H,1H3,(H2,16,17,18,19). The van der Waals surface area contributed by atoms with Crippen molar-refractivity contribution in [3.05, 3.63) is 40.6 Å². The van der Waals surface area contributed by atoms with Crippen LogP contribution in [0.1, 0.15) is 0 Å². The van der Waals surface area contributed by atoms with Gasteiger partial charge in [-0.25, -0.2) is 14.4 Å². The Hall–Kier alpha value is -1.95. The van der Waals surface area contributed by atoms with Crippen molar-refractivity contribution in [2.45, 2.75) is 0 Å². The summed E-state index contributed by atoms with van der Waals surface area (Å²) in [4.78, 5) is 11.9. The van der Waals surface area contributed by atoms with Crippen molar-refractivity contribution in [1.82, 2.24) is 15.0 Å². The predicted molar refractivity (Wildman–Crippen MR) is 76.5 cm³/mol. The van der Waals surface area contributed by atoms with Gasteiger partial charge in [0, 0.05) is 12.6 Å². The van der Waals surface area contributed by atoms with Crippen molar-refractivity contribution in [1.29, 1.82) is 0 Å². The Kier molecular flexibility index (Phi) is 2.94. The first kappa shape index (κ1) is 12.1. The molecule has 3 rings (SSSR count). The maximum absolute atomic E-state index is 13.5. The molecule has 0 saturated heterocycles. The predicted octanol–water partition coefficient (Wildman–Crippen LogP) is 3.57. The zero-order chi connectivity index (χ0) is 13.4. The lowest BCUT2D eigenvalue weighted by Crippen LogP contribution is -1.91. The molecular formula is C13H10BrFN4. The van der Waals surface area contributed by atoms with Crippen molar-refractivity contribution in [3.8, 4) is 11.4 Å². The Labute approximate surface area is 117 Å². The van der Waals surface area contributed by atoms with Gasteiger partial charge in [0.05, 0.1) is 9.99 Å². The molecule has 0 fully saturated rings. The number of imidazole rings is 1. The van der Waals surface area contributed by atoms with Gasteiger partial charge in [-0.15, -0.1) is 0 Å². The van der Waals surface area contributed by atoms with Gasteiger partial charge in [-0.2, -0.15) is 0 Å². The Balaban J connectivity index is 2.18. The van der Waals surface area contributed by atoms with Gasteiger partial charge >= 0.3 is 0 Å². The summed E-state index contributed by atoms with van der Waals surface area (Å²) in [5.74, 6) is 1.01. The van der Waals surface area contributed by atoms with Crippen LogP contribution in [0.5, 0.6) is 0 Å². The van der Waals surface area contributed by atoms with Crippen LogP contribution in [0.15, 0.2) is 34.8 Å². The first-order valence-electron chi connectivity index (χ1n) is 5.68. The molecule has 96 valence electrons. The van der Waals surface area contributed by atoms with Crippen LogP contribution in [-0.2, 0) is 0 Å². The number of benzene rings is 1. The Morgan fingerprint density at radius 3 is 2.84 bits per heavy atom. The van der Waals surface area contributed by atoms with Gasteiger partial charge in [0.25, 0.3) is 0 Å². The minimum Gasteiger partial charge on any atom is -0.373 e. The number of H-pyrrole nitrogens is 1. The van der Waals surface area contributed by atoms with Gasteiger partial charge in [-0.05, 0) is 40.2 Å². The van der Waals surface area contributed by atoms with Gasteiger partial charge in [-0.1, -0.05) is 6.07 Å². The zero-order valence-corrected chi connectivity index (χ0v) is 11.6. The summed E-state index contributed by atoms with van der Waals surface area (Å²) in [5.41, 5.74) is 2.08. The van der Waals surface area contributed by atoms with Crippen molar-refractivity contribution in [2.24, 2.45) is 0 Å². The summed E-state index contributed by atoms with van der Waals surface area (Å²) in [6, 6.07) is 8.58. The molecule has 0 amide bonds. The summed E-state index contributed by atoms with van der Waals surface area (Å²) in [7, 11) is 1.80. The van der Waals surface area contributed by atoms with Crippen molar-refractivity contribution in [3.63, 3.8) is 0 Å². The second-order valence-electron chi connectivity index (χ2n) is 4.00. The molecule has 3 aromatic rings. The molecule has 2 N–H and O–H groups in total. The molecule has 19 heavy (non-hydrogen) atoms. The first-order chi connectivity index (χ1) is 9.19. The van der Waals surface area contributed by atoms with E-state index in [1.54, 1.807) is 19.2 Å². The highest BCUT2D eigenvalue weighted by Crippen LogP contribution is 2.29. The van der Waals surface area contributed by atoms with Gasteiger partial charge in [0.2, 0.25) is 0 Å². The third kappa shape index (κ3) is 2.08. The molecule has 0 aliphatic carbocycles. The van der Waals surface area contributed by atoms with E-state index in [0.717, 1.165) is 11.3 Å². The Bertz CT molecular complexity index is 753. The largest absolute Gasteiger partial charge is 0.373 e. The van der Waals surface area contributed by atoms with Crippen LogP contribution in [0, 0.1) is 5.82 Å². The minimum atomic E-state index is -0.318. The fourth-order valence-electron chi connectivity index (χ4n) is 1.85. The smallest absolute Gasteiger partial charge is 0.180 e. The van der Waals surface area contributed by atoms with Crippen LogP contribution in [0.25, 0.3) is 22.6 Å². The van der Waals surface area contributed by atoms with Gasteiger partial charge < -0.3 is 10.3 Å². The molecule has 0 aliphatic heterocycles. The van der Waals surface area contributed by atoms with Gasteiger partial charge in [0.1, 0.15) is 17.5 Å². The SMILES string of the molecule is CNc1ccc2[nH]c(-c3cccc(F)c3Br)nc2n1. The fraction of sp³-hybridized carbons (Fsp3) is 0.0769. The molecule has 0 unspecified atom stereocenters. The van der Waals surface area contributed by atoms with Crippen LogP contribution >= 0.6 is 15.9 Å². The molecule has 0 bridgehead atoms. The molecule has 0 spiro atoms. The number of halogens is 2. The summed E-state index contributed by atoms with van der Waals surface area (Å²) in [5, 5.41) is 2.95. The number of nitrogens with zero attached hydrogens (tertiary/aromatic N) is 2. The number of aromatic amines is 1. The molecule has 2 heterocycles. The molecule has 0 saturated carbocycles. The number of pyridine rings is 1. The van der Waals surface area contributed by atoms with Crippen LogP contribution in [0.3, 0.4) is 0 Å². The summed E-state index contributed by atoms with van der Waals surface area (Å²) in [6.07, 6.45) is 0. The lowest BCUT2D eigenvalue weighted by molar-refractivity contribution is 0.621. The van der Waals surface area contributed by atoms with Crippen LogP contribution in [0.4, 0.5) is 10.2 Å². The number of rotatable bonds is 2. The van der Waals surface area contributed by atoms with E-state index >= 15 is 0 Å². The van der Waals surface area contributed by atoms with Crippen molar-refractivity contribution >= 4 is 32.9 Å². The van der Waals surface area contributed by atoms with E-state index in [1.807, 2.05) is 12.1 Å². The lowest BCUT2D eigenvalue weighted by Gasteiger charge is -2.00. The monoisotopic (exact) mass is 320 g/mol.